The Kier molecular flexibility index (Phi) is 6.56. The maximum atomic E-state index is 12.2. The number of hydrogen-bond acceptors (Lipinski definition) is 4. The van der Waals surface area contributed by atoms with E-state index in [9.17, 15) is 10.1 Å². The maximum Gasteiger partial charge on any atom is 0.267 e. The van der Waals surface area contributed by atoms with Crippen LogP contribution in [0.5, 0.6) is 0 Å². The van der Waals surface area contributed by atoms with Gasteiger partial charge >= 0.3 is 0 Å². The molecule has 0 bridgehead atoms. The number of thioether (sulfide) groups is 1. The van der Waals surface area contributed by atoms with Crippen molar-refractivity contribution >= 4 is 52.2 Å². The van der Waals surface area contributed by atoms with E-state index in [4.69, 9.17) is 23.2 Å². The molecule has 0 aromatic heterocycles. The molecule has 0 saturated heterocycles. The quantitative estimate of drug-likeness (QED) is 0.428. The van der Waals surface area contributed by atoms with Crippen molar-refractivity contribution in [2.24, 2.45) is 0 Å². The number of nitrogens with zero attached hydrogens (tertiary/aromatic N) is 1. The minimum Gasteiger partial charge on any atom is -0.360 e. The second-order valence-electron chi connectivity index (χ2n) is 4.62. The van der Waals surface area contributed by atoms with Crippen LogP contribution in [0, 0.1) is 11.3 Å². The molecule has 0 atom stereocenters. The smallest absolute Gasteiger partial charge is 0.267 e. The third-order valence-electron chi connectivity index (χ3n) is 2.99. The van der Waals surface area contributed by atoms with Crippen molar-refractivity contribution in [3.8, 4) is 6.07 Å². The van der Waals surface area contributed by atoms with Gasteiger partial charge in [0.05, 0.1) is 10.7 Å². The number of amides is 1. The van der Waals surface area contributed by atoms with E-state index in [-0.39, 0.29) is 5.57 Å². The van der Waals surface area contributed by atoms with Crippen molar-refractivity contribution in [3.63, 3.8) is 0 Å². The number of benzene rings is 2. The van der Waals surface area contributed by atoms with E-state index >= 15 is 0 Å². The summed E-state index contributed by atoms with van der Waals surface area (Å²) in [4.78, 5) is 13.3. The second-order valence-corrected chi connectivity index (χ2v) is 6.35. The Bertz CT molecular complexity index is 831. The number of halogens is 2. The molecule has 24 heavy (non-hydrogen) atoms. The van der Waals surface area contributed by atoms with Gasteiger partial charge in [-0.2, -0.15) is 5.26 Å². The molecule has 1 amide bonds. The van der Waals surface area contributed by atoms with E-state index in [1.807, 2.05) is 36.6 Å². The first-order valence-corrected chi connectivity index (χ1v) is 8.79. The molecule has 0 unspecified atom stereocenters. The summed E-state index contributed by atoms with van der Waals surface area (Å²) < 4.78 is 0. The number of nitriles is 1. The minimum absolute atomic E-state index is 0.0828. The monoisotopic (exact) mass is 377 g/mol. The van der Waals surface area contributed by atoms with Crippen molar-refractivity contribution in [2.75, 3.05) is 16.9 Å². The fraction of sp³-hybridized carbons (Fsp3) is 0.0588. The lowest BCUT2D eigenvalue weighted by Crippen LogP contribution is -2.14. The van der Waals surface area contributed by atoms with Crippen molar-refractivity contribution in [1.82, 2.24) is 0 Å². The number of anilines is 2. The fourth-order valence-electron chi connectivity index (χ4n) is 1.80. The normalized spacial score (nSPS) is 10.8. The highest BCUT2D eigenvalue weighted by atomic mass is 35.5. The molecular weight excluding hydrogens is 365 g/mol. The number of rotatable bonds is 5. The lowest BCUT2D eigenvalue weighted by molar-refractivity contribution is -0.112. The molecular formula is C17H13Cl2N3OS. The van der Waals surface area contributed by atoms with Gasteiger partial charge in [0.15, 0.2) is 0 Å². The van der Waals surface area contributed by atoms with Gasteiger partial charge < -0.3 is 10.6 Å². The van der Waals surface area contributed by atoms with E-state index in [0.29, 0.717) is 15.7 Å². The number of hydrogen-bond donors (Lipinski definition) is 2. The molecule has 2 aromatic rings. The average molecular weight is 378 g/mol. The fourth-order valence-corrected chi connectivity index (χ4v) is 2.60. The highest BCUT2D eigenvalue weighted by molar-refractivity contribution is 7.98. The maximum absolute atomic E-state index is 12.2. The number of nitrogens with one attached hydrogen (secondary N) is 2. The first kappa shape index (κ1) is 18.2. The van der Waals surface area contributed by atoms with Crippen molar-refractivity contribution in [3.05, 3.63) is 64.3 Å². The molecule has 2 N–H and O–H groups in total. The molecule has 0 saturated carbocycles. The van der Waals surface area contributed by atoms with Crippen LogP contribution in [0.25, 0.3) is 0 Å². The van der Waals surface area contributed by atoms with Crippen molar-refractivity contribution in [1.29, 1.82) is 5.26 Å². The predicted molar refractivity (Wildman–Crippen MR) is 101 cm³/mol. The highest BCUT2D eigenvalue weighted by Gasteiger charge is 2.11. The number of carbonyl (C=O) groups is 1. The summed E-state index contributed by atoms with van der Waals surface area (Å²) in [7, 11) is 0. The van der Waals surface area contributed by atoms with Gasteiger partial charge in [-0.15, -0.1) is 11.8 Å². The first-order valence-electron chi connectivity index (χ1n) is 6.80. The van der Waals surface area contributed by atoms with E-state index in [0.717, 1.165) is 10.6 Å². The molecule has 2 aromatic carbocycles. The molecule has 0 aliphatic rings. The molecule has 0 aliphatic carbocycles. The van der Waals surface area contributed by atoms with Gasteiger partial charge in [-0.3, -0.25) is 4.79 Å². The van der Waals surface area contributed by atoms with Crippen LogP contribution in [0.4, 0.5) is 11.4 Å². The van der Waals surface area contributed by atoms with Crippen LogP contribution in [0.15, 0.2) is 59.1 Å². The van der Waals surface area contributed by atoms with Crippen LogP contribution in [0.1, 0.15) is 0 Å². The van der Waals surface area contributed by atoms with Crippen LogP contribution >= 0.6 is 35.0 Å². The van der Waals surface area contributed by atoms with Gasteiger partial charge in [-0.05, 0) is 42.7 Å². The summed E-state index contributed by atoms with van der Waals surface area (Å²) in [6.45, 7) is 0. The van der Waals surface area contributed by atoms with Gasteiger partial charge in [-0.1, -0.05) is 29.3 Å². The molecule has 0 heterocycles. The van der Waals surface area contributed by atoms with E-state index < -0.39 is 5.91 Å². The van der Waals surface area contributed by atoms with Crippen molar-refractivity contribution < 1.29 is 4.79 Å². The molecule has 0 fully saturated rings. The zero-order chi connectivity index (χ0) is 17.5. The van der Waals surface area contributed by atoms with Crippen LogP contribution in [0.3, 0.4) is 0 Å². The standard InChI is InChI=1S/C17H13Cl2N3OS/c1-24-14-4-2-3-13(8-14)21-10-11(9-20)17(23)22-16-7-12(18)5-6-15(16)19/h2-8,10,21H,1H3,(H,22,23)/b11-10-. The van der Waals surface area contributed by atoms with E-state index in [1.54, 1.807) is 23.9 Å². The van der Waals surface area contributed by atoms with Crippen LogP contribution < -0.4 is 10.6 Å². The topological polar surface area (TPSA) is 64.9 Å². The molecule has 7 heteroatoms. The molecule has 4 nitrogen and oxygen atoms in total. The summed E-state index contributed by atoms with van der Waals surface area (Å²) in [5, 5.41) is 15.5. The summed E-state index contributed by atoms with van der Waals surface area (Å²) >= 11 is 13.5. The lowest BCUT2D eigenvalue weighted by atomic mass is 10.2. The third kappa shape index (κ3) is 4.93. The lowest BCUT2D eigenvalue weighted by Gasteiger charge is -2.08. The van der Waals surface area contributed by atoms with Gasteiger partial charge in [0.25, 0.3) is 5.91 Å². The van der Waals surface area contributed by atoms with Crippen LogP contribution in [-0.4, -0.2) is 12.2 Å². The second kappa shape index (κ2) is 8.65. The summed E-state index contributed by atoms with van der Waals surface area (Å²) in [6, 6.07) is 14.2. The molecule has 0 spiro atoms. The summed E-state index contributed by atoms with van der Waals surface area (Å²) in [6.07, 6.45) is 3.32. The van der Waals surface area contributed by atoms with E-state index in [2.05, 4.69) is 10.6 Å². The minimum atomic E-state index is -0.574. The van der Waals surface area contributed by atoms with Gasteiger partial charge in [-0.25, -0.2) is 0 Å². The molecule has 0 aliphatic heterocycles. The zero-order valence-electron chi connectivity index (χ0n) is 12.6. The molecule has 2 rings (SSSR count). The third-order valence-corrected chi connectivity index (χ3v) is 4.28. The Morgan fingerprint density at radius 2 is 2.04 bits per heavy atom. The Balaban J connectivity index is 2.13. The van der Waals surface area contributed by atoms with Crippen LogP contribution in [0.2, 0.25) is 10.0 Å². The SMILES string of the molecule is CSc1cccc(N/C=C(/C#N)C(=O)Nc2cc(Cl)ccc2Cl)c1. The zero-order valence-corrected chi connectivity index (χ0v) is 15.0. The van der Waals surface area contributed by atoms with Crippen molar-refractivity contribution in [2.45, 2.75) is 4.90 Å². The van der Waals surface area contributed by atoms with Gasteiger partial charge in [0.1, 0.15) is 11.6 Å². The summed E-state index contributed by atoms with van der Waals surface area (Å²) in [5.41, 5.74) is 1.04. The van der Waals surface area contributed by atoms with Gasteiger partial charge in [0.2, 0.25) is 0 Å². The Labute approximate surface area is 154 Å². The molecule has 0 radical (unpaired) electrons. The number of carbonyl (C=O) groups excluding carboxylic acids is 1. The van der Waals surface area contributed by atoms with Crippen LogP contribution in [-0.2, 0) is 4.79 Å². The largest absolute Gasteiger partial charge is 0.360 e. The first-order chi connectivity index (χ1) is 11.5. The Morgan fingerprint density at radius 1 is 1.25 bits per heavy atom. The Hall–Kier alpha value is -2.13. The highest BCUT2D eigenvalue weighted by Crippen LogP contribution is 2.26. The summed E-state index contributed by atoms with van der Waals surface area (Å²) in [5.74, 6) is -0.574. The van der Waals surface area contributed by atoms with E-state index in [1.165, 1.54) is 12.3 Å². The average Bonchev–Trinajstić information content (AvgIpc) is 2.59. The molecule has 122 valence electrons. The predicted octanol–water partition coefficient (Wildman–Crippen LogP) is 5.17. The van der Waals surface area contributed by atoms with Gasteiger partial charge in [0, 0.05) is 21.8 Å². The Morgan fingerprint density at radius 3 is 2.75 bits per heavy atom.